The van der Waals surface area contributed by atoms with E-state index in [-0.39, 0.29) is 23.8 Å². The lowest BCUT2D eigenvalue weighted by Crippen LogP contribution is -2.35. The molecule has 108 valence electrons. The highest BCUT2D eigenvalue weighted by Crippen LogP contribution is 2.20. The van der Waals surface area contributed by atoms with E-state index in [4.69, 9.17) is 11.6 Å². The number of carbonyl (C=O) groups is 2. The summed E-state index contributed by atoms with van der Waals surface area (Å²) in [6.07, 6.45) is 0.310. The van der Waals surface area contributed by atoms with Crippen molar-refractivity contribution in [2.75, 3.05) is 6.54 Å². The standard InChI is InChI=1S/C15H19ClN2O2/c1-10(2)18-9-12(7-14(18)19)15(20)17-8-11-3-5-13(16)6-4-11/h3-6,10,12H,7-9H2,1-2H3,(H,17,20)/t12-/m1/s1. The fraction of sp³-hybridized carbons (Fsp3) is 0.467. The number of rotatable bonds is 4. The summed E-state index contributed by atoms with van der Waals surface area (Å²) in [6.45, 7) is 4.91. The van der Waals surface area contributed by atoms with Gasteiger partial charge in [0.2, 0.25) is 11.8 Å². The Labute approximate surface area is 124 Å². The van der Waals surface area contributed by atoms with Gasteiger partial charge in [-0.2, -0.15) is 0 Å². The van der Waals surface area contributed by atoms with Gasteiger partial charge in [0.15, 0.2) is 0 Å². The molecule has 1 aromatic rings. The first-order valence-corrected chi connectivity index (χ1v) is 7.17. The van der Waals surface area contributed by atoms with Crippen LogP contribution in [0.15, 0.2) is 24.3 Å². The maximum atomic E-state index is 12.1. The van der Waals surface area contributed by atoms with Crippen LogP contribution in [0.2, 0.25) is 5.02 Å². The van der Waals surface area contributed by atoms with Crippen LogP contribution in [0.5, 0.6) is 0 Å². The summed E-state index contributed by atoms with van der Waals surface area (Å²) in [7, 11) is 0. The Hall–Kier alpha value is -1.55. The first-order chi connectivity index (χ1) is 9.47. The van der Waals surface area contributed by atoms with Crippen molar-refractivity contribution in [3.8, 4) is 0 Å². The topological polar surface area (TPSA) is 49.4 Å². The summed E-state index contributed by atoms with van der Waals surface area (Å²) < 4.78 is 0. The van der Waals surface area contributed by atoms with Gasteiger partial charge in [0.1, 0.15) is 0 Å². The molecule has 1 heterocycles. The Morgan fingerprint density at radius 2 is 2.05 bits per heavy atom. The number of hydrogen-bond acceptors (Lipinski definition) is 2. The summed E-state index contributed by atoms with van der Waals surface area (Å²) in [5.41, 5.74) is 0.993. The van der Waals surface area contributed by atoms with Gasteiger partial charge in [-0.15, -0.1) is 0 Å². The van der Waals surface area contributed by atoms with Crippen molar-refractivity contribution in [1.82, 2.24) is 10.2 Å². The summed E-state index contributed by atoms with van der Waals surface area (Å²) in [6, 6.07) is 7.49. The first-order valence-electron chi connectivity index (χ1n) is 6.79. The summed E-state index contributed by atoms with van der Waals surface area (Å²) in [5, 5.41) is 3.55. The quantitative estimate of drug-likeness (QED) is 0.925. The van der Waals surface area contributed by atoms with Gasteiger partial charge < -0.3 is 10.2 Å². The van der Waals surface area contributed by atoms with Crippen molar-refractivity contribution >= 4 is 23.4 Å². The Bertz CT molecular complexity index is 499. The lowest BCUT2D eigenvalue weighted by atomic mass is 10.1. The molecule has 1 aliphatic heterocycles. The van der Waals surface area contributed by atoms with Gasteiger partial charge in [0.05, 0.1) is 5.92 Å². The predicted octanol–water partition coefficient (Wildman–Crippen LogP) is 2.21. The van der Waals surface area contributed by atoms with E-state index in [9.17, 15) is 9.59 Å². The second-order valence-electron chi connectivity index (χ2n) is 5.39. The van der Waals surface area contributed by atoms with Crippen molar-refractivity contribution in [3.63, 3.8) is 0 Å². The van der Waals surface area contributed by atoms with Gasteiger partial charge in [0, 0.05) is 30.6 Å². The highest BCUT2D eigenvalue weighted by Gasteiger charge is 2.35. The summed E-state index contributed by atoms with van der Waals surface area (Å²) in [5.74, 6) is -0.236. The number of amides is 2. The largest absolute Gasteiger partial charge is 0.352 e. The van der Waals surface area contributed by atoms with E-state index < -0.39 is 0 Å². The molecule has 1 fully saturated rings. The van der Waals surface area contributed by atoms with Crippen molar-refractivity contribution < 1.29 is 9.59 Å². The van der Waals surface area contributed by atoms with Gasteiger partial charge in [-0.25, -0.2) is 0 Å². The highest BCUT2D eigenvalue weighted by atomic mass is 35.5. The molecule has 0 aliphatic carbocycles. The highest BCUT2D eigenvalue weighted by molar-refractivity contribution is 6.30. The van der Waals surface area contributed by atoms with Crippen LogP contribution in [-0.2, 0) is 16.1 Å². The molecule has 4 nitrogen and oxygen atoms in total. The SMILES string of the molecule is CC(C)N1C[C@H](C(=O)NCc2ccc(Cl)cc2)CC1=O. The predicted molar refractivity (Wildman–Crippen MR) is 78.3 cm³/mol. The lowest BCUT2D eigenvalue weighted by Gasteiger charge is -2.20. The van der Waals surface area contributed by atoms with Crippen LogP contribution in [0.3, 0.4) is 0 Å². The smallest absolute Gasteiger partial charge is 0.225 e. The molecule has 1 atom stereocenters. The number of hydrogen-bond donors (Lipinski definition) is 1. The van der Waals surface area contributed by atoms with E-state index in [2.05, 4.69) is 5.32 Å². The second kappa shape index (κ2) is 6.27. The van der Waals surface area contributed by atoms with E-state index in [1.165, 1.54) is 0 Å². The number of benzene rings is 1. The fourth-order valence-corrected chi connectivity index (χ4v) is 2.47. The molecule has 1 aromatic carbocycles. The molecule has 0 unspecified atom stereocenters. The number of carbonyl (C=O) groups excluding carboxylic acids is 2. The minimum atomic E-state index is -0.239. The van der Waals surface area contributed by atoms with Gasteiger partial charge in [0.25, 0.3) is 0 Å². The van der Waals surface area contributed by atoms with Crippen LogP contribution in [0.25, 0.3) is 0 Å². The second-order valence-corrected chi connectivity index (χ2v) is 5.82. The maximum absolute atomic E-state index is 12.1. The van der Waals surface area contributed by atoms with Crippen LogP contribution in [0.4, 0.5) is 0 Å². The average Bonchev–Trinajstić information content (AvgIpc) is 2.80. The number of likely N-dealkylation sites (tertiary alicyclic amines) is 1. The minimum absolute atomic E-state index is 0.0588. The average molecular weight is 295 g/mol. The molecule has 1 N–H and O–H groups in total. The molecule has 20 heavy (non-hydrogen) atoms. The summed E-state index contributed by atoms with van der Waals surface area (Å²) >= 11 is 5.81. The lowest BCUT2D eigenvalue weighted by molar-refractivity contribution is -0.129. The van der Waals surface area contributed by atoms with Crippen LogP contribution < -0.4 is 5.32 Å². The number of nitrogens with zero attached hydrogens (tertiary/aromatic N) is 1. The van der Waals surface area contributed by atoms with Crippen LogP contribution in [0.1, 0.15) is 25.8 Å². The zero-order valence-electron chi connectivity index (χ0n) is 11.7. The van der Waals surface area contributed by atoms with Gasteiger partial charge >= 0.3 is 0 Å². The Balaban J connectivity index is 1.87. The third kappa shape index (κ3) is 3.51. The molecule has 0 aromatic heterocycles. The third-order valence-corrected chi connectivity index (χ3v) is 3.78. The van der Waals surface area contributed by atoms with Crippen LogP contribution in [0, 0.1) is 5.92 Å². The molecule has 1 saturated heterocycles. The normalized spacial score (nSPS) is 18.7. The molecule has 0 radical (unpaired) electrons. The monoisotopic (exact) mass is 294 g/mol. The Morgan fingerprint density at radius 1 is 1.40 bits per heavy atom. The molecular formula is C15H19ClN2O2. The zero-order valence-corrected chi connectivity index (χ0v) is 12.5. The molecule has 0 spiro atoms. The molecule has 2 rings (SSSR count). The third-order valence-electron chi connectivity index (χ3n) is 3.53. The van der Waals surface area contributed by atoms with E-state index in [0.717, 1.165) is 5.56 Å². The van der Waals surface area contributed by atoms with Gasteiger partial charge in [-0.1, -0.05) is 23.7 Å². The minimum Gasteiger partial charge on any atom is -0.352 e. The molecule has 5 heteroatoms. The van der Waals surface area contributed by atoms with Gasteiger partial charge in [-0.05, 0) is 31.5 Å². The van der Waals surface area contributed by atoms with Crippen molar-refractivity contribution in [2.45, 2.75) is 32.9 Å². The van der Waals surface area contributed by atoms with E-state index in [1.807, 2.05) is 26.0 Å². The van der Waals surface area contributed by atoms with Crippen molar-refractivity contribution in [2.24, 2.45) is 5.92 Å². The van der Waals surface area contributed by atoms with Crippen molar-refractivity contribution in [1.29, 1.82) is 0 Å². The van der Waals surface area contributed by atoms with Crippen molar-refractivity contribution in [3.05, 3.63) is 34.9 Å². The summed E-state index contributed by atoms with van der Waals surface area (Å²) in [4.78, 5) is 25.6. The molecule has 0 saturated carbocycles. The fourth-order valence-electron chi connectivity index (χ4n) is 2.34. The molecule has 1 aliphatic rings. The van der Waals surface area contributed by atoms with Crippen LogP contribution in [-0.4, -0.2) is 29.3 Å². The van der Waals surface area contributed by atoms with Gasteiger partial charge in [-0.3, -0.25) is 9.59 Å². The maximum Gasteiger partial charge on any atom is 0.225 e. The Morgan fingerprint density at radius 3 is 2.60 bits per heavy atom. The molecule has 0 bridgehead atoms. The molecule has 2 amide bonds. The zero-order chi connectivity index (χ0) is 14.7. The van der Waals surface area contributed by atoms with E-state index in [1.54, 1.807) is 17.0 Å². The number of halogens is 1. The number of nitrogens with one attached hydrogen (secondary N) is 1. The Kier molecular flexibility index (Phi) is 4.65. The first kappa shape index (κ1) is 14.9. The van der Waals surface area contributed by atoms with E-state index >= 15 is 0 Å². The van der Waals surface area contributed by atoms with E-state index in [0.29, 0.717) is 24.5 Å². The molecular weight excluding hydrogens is 276 g/mol. The van der Waals surface area contributed by atoms with Crippen LogP contribution >= 0.6 is 11.6 Å².